The molecule has 0 unspecified atom stereocenters. The topological polar surface area (TPSA) is 41.1 Å². The van der Waals surface area contributed by atoms with Crippen molar-refractivity contribution in [1.29, 1.82) is 0 Å². The Balaban J connectivity index is 1.91. The predicted octanol–water partition coefficient (Wildman–Crippen LogP) is 2.66. The molecule has 1 aliphatic rings. The van der Waals surface area contributed by atoms with Crippen LogP contribution in [0.1, 0.15) is 24.0 Å². The Morgan fingerprint density at radius 1 is 1.20 bits per heavy atom. The van der Waals surface area contributed by atoms with E-state index in [4.69, 9.17) is 0 Å². The largest absolute Gasteiger partial charge is 0.401 e. The molecule has 0 fully saturated rings. The number of halogens is 3. The van der Waals surface area contributed by atoms with Gasteiger partial charge in [-0.15, -0.1) is 0 Å². The summed E-state index contributed by atoms with van der Waals surface area (Å²) in [6.07, 6.45) is -0.191. The van der Waals surface area contributed by atoms with Crippen LogP contribution in [-0.2, 0) is 17.6 Å². The second-order valence-corrected chi connectivity index (χ2v) is 4.92. The normalized spacial score (nSPS) is 14.8. The summed E-state index contributed by atoms with van der Waals surface area (Å²) < 4.78 is 35.9. The minimum absolute atomic E-state index is 0.344. The van der Waals surface area contributed by atoms with Gasteiger partial charge in [-0.2, -0.15) is 13.2 Å². The summed E-state index contributed by atoms with van der Waals surface area (Å²) in [6.45, 7) is -1.50. The molecule has 1 aliphatic carbocycles. The number of anilines is 1. The smallest absolute Gasteiger partial charge is 0.325 e. The number of rotatable bonds is 4. The highest BCUT2D eigenvalue weighted by Crippen LogP contribution is 2.27. The molecule has 6 heteroatoms. The van der Waals surface area contributed by atoms with E-state index in [1.165, 1.54) is 5.56 Å². The molecule has 0 heterocycles. The summed E-state index contributed by atoms with van der Waals surface area (Å²) in [7, 11) is 0. The third-order valence-corrected chi connectivity index (χ3v) is 3.28. The fourth-order valence-corrected chi connectivity index (χ4v) is 2.41. The van der Waals surface area contributed by atoms with E-state index in [9.17, 15) is 18.0 Å². The summed E-state index contributed by atoms with van der Waals surface area (Å²) in [5, 5.41) is 4.78. The van der Waals surface area contributed by atoms with Gasteiger partial charge < -0.3 is 10.6 Å². The van der Waals surface area contributed by atoms with Crippen LogP contribution >= 0.6 is 0 Å². The van der Waals surface area contributed by atoms with E-state index in [1.54, 1.807) is 6.07 Å². The van der Waals surface area contributed by atoms with E-state index in [0.717, 1.165) is 36.9 Å². The molecular formula is C14H17F3N2O. The molecule has 1 aromatic carbocycles. The Morgan fingerprint density at radius 3 is 2.70 bits per heavy atom. The molecule has 3 nitrogen and oxygen atoms in total. The summed E-state index contributed by atoms with van der Waals surface area (Å²) >= 11 is 0. The molecule has 1 amide bonds. The first-order chi connectivity index (χ1) is 9.46. The predicted molar refractivity (Wildman–Crippen MR) is 70.6 cm³/mol. The number of hydrogen-bond acceptors (Lipinski definition) is 2. The van der Waals surface area contributed by atoms with Gasteiger partial charge in [-0.25, -0.2) is 0 Å². The molecule has 2 rings (SSSR count). The highest BCUT2D eigenvalue weighted by atomic mass is 19.4. The van der Waals surface area contributed by atoms with Crippen LogP contribution < -0.4 is 10.6 Å². The summed E-state index contributed by atoms with van der Waals surface area (Å²) in [5.41, 5.74) is 3.06. The molecule has 0 saturated carbocycles. The molecule has 1 aromatic rings. The van der Waals surface area contributed by atoms with E-state index >= 15 is 0 Å². The van der Waals surface area contributed by atoms with Crippen molar-refractivity contribution < 1.29 is 18.0 Å². The van der Waals surface area contributed by atoms with Gasteiger partial charge in [-0.3, -0.25) is 4.79 Å². The van der Waals surface area contributed by atoms with Gasteiger partial charge in [0.25, 0.3) is 0 Å². The van der Waals surface area contributed by atoms with Gasteiger partial charge in [0.05, 0.1) is 13.1 Å². The van der Waals surface area contributed by atoms with Crippen LogP contribution in [0.3, 0.4) is 0 Å². The van der Waals surface area contributed by atoms with Crippen molar-refractivity contribution in [2.24, 2.45) is 0 Å². The van der Waals surface area contributed by atoms with Gasteiger partial charge in [0, 0.05) is 5.69 Å². The zero-order valence-corrected chi connectivity index (χ0v) is 11.0. The lowest BCUT2D eigenvalue weighted by Gasteiger charge is -2.19. The molecule has 0 atom stereocenters. The van der Waals surface area contributed by atoms with Gasteiger partial charge >= 0.3 is 6.18 Å². The van der Waals surface area contributed by atoms with Gasteiger partial charge in [-0.05, 0) is 42.9 Å². The molecule has 2 N–H and O–H groups in total. The van der Waals surface area contributed by atoms with Crippen LogP contribution in [0.4, 0.5) is 18.9 Å². The van der Waals surface area contributed by atoms with Crippen LogP contribution in [0.25, 0.3) is 0 Å². The summed E-state index contributed by atoms with van der Waals surface area (Å²) in [5.74, 6) is -0.451. The average molecular weight is 286 g/mol. The third kappa shape index (κ3) is 4.23. The number of nitrogens with one attached hydrogen (secondary N) is 2. The maximum absolute atomic E-state index is 12.0. The van der Waals surface area contributed by atoms with E-state index in [1.807, 2.05) is 12.1 Å². The fraction of sp³-hybridized carbons (Fsp3) is 0.500. The monoisotopic (exact) mass is 286 g/mol. The summed E-state index contributed by atoms with van der Waals surface area (Å²) in [4.78, 5) is 11.6. The quantitative estimate of drug-likeness (QED) is 0.893. The second kappa shape index (κ2) is 6.26. The highest BCUT2D eigenvalue weighted by Gasteiger charge is 2.26. The van der Waals surface area contributed by atoms with Crippen LogP contribution in [0.5, 0.6) is 0 Å². The number of amides is 1. The van der Waals surface area contributed by atoms with Crippen molar-refractivity contribution in [1.82, 2.24) is 5.32 Å². The fourth-order valence-electron chi connectivity index (χ4n) is 2.41. The zero-order chi connectivity index (χ0) is 14.6. The first-order valence-corrected chi connectivity index (χ1v) is 6.64. The van der Waals surface area contributed by atoms with Crippen molar-refractivity contribution >= 4 is 11.6 Å². The number of hydrogen-bond donors (Lipinski definition) is 2. The Labute approximate surface area is 115 Å². The van der Waals surface area contributed by atoms with Crippen LogP contribution in [0.2, 0.25) is 0 Å². The van der Waals surface area contributed by atoms with Crippen molar-refractivity contribution in [2.45, 2.75) is 31.9 Å². The maximum Gasteiger partial charge on any atom is 0.401 e. The van der Waals surface area contributed by atoms with Crippen molar-refractivity contribution in [2.75, 3.05) is 18.4 Å². The van der Waals surface area contributed by atoms with E-state index < -0.39 is 18.6 Å². The third-order valence-electron chi connectivity index (χ3n) is 3.28. The number of fused-ring (bicyclic) bond motifs is 1. The SMILES string of the molecule is O=C(CNCC(F)(F)F)Nc1cccc2c1CCCC2. The van der Waals surface area contributed by atoms with Crippen molar-refractivity contribution in [3.63, 3.8) is 0 Å². The van der Waals surface area contributed by atoms with E-state index in [2.05, 4.69) is 10.6 Å². The molecule has 0 spiro atoms. The van der Waals surface area contributed by atoms with Crippen LogP contribution in [-0.4, -0.2) is 25.2 Å². The number of alkyl halides is 3. The average Bonchev–Trinajstić information content (AvgIpc) is 2.37. The molecular weight excluding hydrogens is 269 g/mol. The lowest BCUT2D eigenvalue weighted by Crippen LogP contribution is -2.35. The first-order valence-electron chi connectivity index (χ1n) is 6.64. The van der Waals surface area contributed by atoms with Gasteiger partial charge in [0.15, 0.2) is 0 Å². The Hall–Kier alpha value is -1.56. The first kappa shape index (κ1) is 14.8. The highest BCUT2D eigenvalue weighted by molar-refractivity contribution is 5.93. The molecule has 0 saturated heterocycles. The summed E-state index contributed by atoms with van der Waals surface area (Å²) in [6, 6.07) is 5.70. The van der Waals surface area contributed by atoms with Crippen molar-refractivity contribution in [3.8, 4) is 0 Å². The van der Waals surface area contributed by atoms with Gasteiger partial charge in [0.1, 0.15) is 0 Å². The Bertz CT molecular complexity index is 486. The van der Waals surface area contributed by atoms with Crippen molar-refractivity contribution in [3.05, 3.63) is 29.3 Å². The molecule has 110 valence electrons. The second-order valence-electron chi connectivity index (χ2n) is 4.92. The lowest BCUT2D eigenvalue weighted by atomic mass is 9.90. The standard InChI is InChI=1S/C14H17F3N2O/c15-14(16,17)9-18-8-13(20)19-12-7-3-5-10-4-1-2-6-11(10)12/h3,5,7,18H,1-2,4,6,8-9H2,(H,19,20). The Kier molecular flexibility index (Phi) is 4.65. The molecule has 20 heavy (non-hydrogen) atoms. The lowest BCUT2D eigenvalue weighted by molar-refractivity contribution is -0.126. The van der Waals surface area contributed by atoms with Gasteiger partial charge in [-0.1, -0.05) is 12.1 Å². The van der Waals surface area contributed by atoms with Crippen LogP contribution in [0, 0.1) is 0 Å². The molecule has 0 aliphatic heterocycles. The number of carbonyl (C=O) groups excluding carboxylic acids is 1. The number of carbonyl (C=O) groups is 1. The minimum Gasteiger partial charge on any atom is -0.325 e. The zero-order valence-electron chi connectivity index (χ0n) is 11.0. The maximum atomic E-state index is 12.0. The molecule has 0 aromatic heterocycles. The van der Waals surface area contributed by atoms with E-state index in [0.29, 0.717) is 0 Å². The molecule has 0 radical (unpaired) electrons. The Morgan fingerprint density at radius 2 is 1.95 bits per heavy atom. The molecule has 0 bridgehead atoms. The van der Waals surface area contributed by atoms with E-state index in [-0.39, 0.29) is 6.54 Å². The number of benzene rings is 1. The van der Waals surface area contributed by atoms with Gasteiger partial charge in [0.2, 0.25) is 5.91 Å². The van der Waals surface area contributed by atoms with Crippen LogP contribution in [0.15, 0.2) is 18.2 Å². The number of aryl methyl sites for hydroxylation is 1. The minimum atomic E-state index is -4.30.